The third-order valence-electron chi connectivity index (χ3n) is 3.85. The fourth-order valence-corrected chi connectivity index (χ4v) is 2.64. The van der Waals surface area contributed by atoms with Crippen molar-refractivity contribution >= 4 is 5.91 Å². The highest BCUT2D eigenvalue weighted by Gasteiger charge is 2.33. The van der Waals surface area contributed by atoms with Gasteiger partial charge in [-0.3, -0.25) is 9.59 Å². The van der Waals surface area contributed by atoms with Crippen LogP contribution in [-0.4, -0.2) is 45.7 Å². The molecule has 0 radical (unpaired) electrons. The minimum atomic E-state index is -0.453. The Morgan fingerprint density at radius 2 is 2.17 bits per heavy atom. The fourth-order valence-electron chi connectivity index (χ4n) is 2.64. The van der Waals surface area contributed by atoms with Gasteiger partial charge in [0.05, 0.1) is 13.2 Å². The number of nitrogens with zero attached hydrogens (tertiary/aromatic N) is 3. The Bertz CT molecular complexity index is 795. The van der Waals surface area contributed by atoms with Crippen LogP contribution < -0.4 is 5.56 Å². The van der Waals surface area contributed by atoms with Crippen LogP contribution in [0.4, 0.5) is 0 Å². The molecule has 1 N–H and O–H groups in total. The number of carbonyl (C=O) groups is 1. The monoisotopic (exact) mass is 332 g/mol. The van der Waals surface area contributed by atoms with E-state index in [1.165, 1.54) is 6.07 Å². The van der Waals surface area contributed by atoms with Gasteiger partial charge < -0.3 is 19.0 Å². The van der Waals surface area contributed by atoms with E-state index in [-0.39, 0.29) is 24.0 Å². The van der Waals surface area contributed by atoms with Crippen LogP contribution in [-0.2, 0) is 4.74 Å². The van der Waals surface area contributed by atoms with Crippen LogP contribution in [0.1, 0.15) is 53.6 Å². The molecule has 0 spiro atoms. The molecule has 1 atom stereocenters. The first-order valence-corrected chi connectivity index (χ1v) is 7.88. The van der Waals surface area contributed by atoms with Gasteiger partial charge in [-0.05, 0) is 13.0 Å². The number of aromatic nitrogens is 3. The van der Waals surface area contributed by atoms with E-state index in [9.17, 15) is 9.59 Å². The number of nitrogens with one attached hydrogen (secondary N) is 1. The fraction of sp³-hybridized carbons (Fsp3) is 0.500. The van der Waals surface area contributed by atoms with E-state index in [1.807, 2.05) is 13.8 Å². The van der Waals surface area contributed by atoms with Crippen LogP contribution in [0, 0.1) is 6.92 Å². The topological polar surface area (TPSA) is 101 Å². The standard InChI is InChI=1S/C16H20N4O4/c1-9(2)14-18-19-15(24-14)12-8-23-5-4-20(12)16(22)11-6-10(3)17-13(21)7-11/h6-7,9,12H,4-5,8H2,1-3H3,(H,17,21)/t12-/m1/s1. The molecule has 2 aromatic heterocycles. The third-order valence-corrected chi connectivity index (χ3v) is 3.85. The second kappa shape index (κ2) is 6.56. The van der Waals surface area contributed by atoms with Crippen LogP contribution in [0.5, 0.6) is 0 Å². The van der Waals surface area contributed by atoms with Crippen molar-refractivity contribution in [2.45, 2.75) is 32.7 Å². The molecule has 0 aliphatic carbocycles. The average molecular weight is 332 g/mol. The number of H-pyrrole nitrogens is 1. The summed E-state index contributed by atoms with van der Waals surface area (Å²) in [6, 6.07) is 2.50. The second-order valence-corrected chi connectivity index (χ2v) is 6.14. The highest BCUT2D eigenvalue weighted by molar-refractivity contribution is 5.94. The van der Waals surface area contributed by atoms with Gasteiger partial charge >= 0.3 is 0 Å². The molecule has 8 heteroatoms. The van der Waals surface area contributed by atoms with E-state index in [0.717, 1.165) is 0 Å². The lowest BCUT2D eigenvalue weighted by atomic mass is 10.1. The Hall–Kier alpha value is -2.48. The third kappa shape index (κ3) is 3.23. The average Bonchev–Trinajstić information content (AvgIpc) is 3.03. The zero-order valence-corrected chi connectivity index (χ0v) is 13.9. The van der Waals surface area contributed by atoms with Gasteiger partial charge in [0.25, 0.3) is 5.91 Å². The van der Waals surface area contributed by atoms with Crippen LogP contribution in [0.3, 0.4) is 0 Å². The largest absolute Gasteiger partial charge is 0.423 e. The first kappa shape index (κ1) is 16.4. The zero-order valence-electron chi connectivity index (χ0n) is 13.9. The SMILES string of the molecule is Cc1cc(C(=O)N2CCOC[C@@H]2c2nnc(C(C)C)o2)cc(=O)[nH]1. The van der Waals surface area contributed by atoms with Crippen molar-refractivity contribution in [3.8, 4) is 0 Å². The van der Waals surface area contributed by atoms with E-state index >= 15 is 0 Å². The minimum Gasteiger partial charge on any atom is -0.423 e. The number of aryl methyl sites for hydroxylation is 1. The van der Waals surface area contributed by atoms with Crippen molar-refractivity contribution in [2.75, 3.05) is 19.8 Å². The Labute approximate surface area is 138 Å². The van der Waals surface area contributed by atoms with Crippen molar-refractivity contribution in [3.63, 3.8) is 0 Å². The molecule has 1 aliphatic heterocycles. The van der Waals surface area contributed by atoms with Crippen LogP contribution in [0.25, 0.3) is 0 Å². The van der Waals surface area contributed by atoms with Crippen molar-refractivity contribution in [1.29, 1.82) is 0 Å². The van der Waals surface area contributed by atoms with E-state index in [0.29, 0.717) is 36.2 Å². The predicted octanol–water partition coefficient (Wildman–Crippen LogP) is 1.40. The van der Waals surface area contributed by atoms with Gasteiger partial charge in [0, 0.05) is 29.8 Å². The lowest BCUT2D eigenvalue weighted by Crippen LogP contribution is -2.43. The summed E-state index contributed by atoms with van der Waals surface area (Å²) in [4.78, 5) is 28.7. The molecule has 1 saturated heterocycles. The van der Waals surface area contributed by atoms with Gasteiger partial charge in [-0.15, -0.1) is 10.2 Å². The molecule has 2 aromatic rings. The summed E-state index contributed by atoms with van der Waals surface area (Å²) in [5.41, 5.74) is 0.672. The molecular formula is C16H20N4O4. The van der Waals surface area contributed by atoms with Crippen molar-refractivity contribution in [2.24, 2.45) is 0 Å². The Kier molecular flexibility index (Phi) is 4.48. The summed E-state index contributed by atoms with van der Waals surface area (Å²) in [6.07, 6.45) is 0. The lowest BCUT2D eigenvalue weighted by Gasteiger charge is -2.33. The number of ether oxygens (including phenoxy) is 1. The van der Waals surface area contributed by atoms with E-state index in [4.69, 9.17) is 9.15 Å². The van der Waals surface area contributed by atoms with Gasteiger partial charge in [-0.1, -0.05) is 13.8 Å². The number of carbonyl (C=O) groups excluding carboxylic acids is 1. The van der Waals surface area contributed by atoms with Crippen molar-refractivity contribution in [1.82, 2.24) is 20.1 Å². The van der Waals surface area contributed by atoms with Crippen LogP contribution in [0.2, 0.25) is 0 Å². The zero-order chi connectivity index (χ0) is 17.3. The summed E-state index contributed by atoms with van der Waals surface area (Å²) in [5.74, 6) is 0.736. The molecule has 3 rings (SSSR count). The molecule has 0 saturated carbocycles. The Morgan fingerprint density at radius 3 is 2.83 bits per heavy atom. The molecule has 0 aromatic carbocycles. The predicted molar refractivity (Wildman–Crippen MR) is 84.8 cm³/mol. The second-order valence-electron chi connectivity index (χ2n) is 6.14. The number of morpholine rings is 1. The molecule has 1 aliphatic rings. The van der Waals surface area contributed by atoms with Crippen molar-refractivity contribution < 1.29 is 13.9 Å². The molecule has 0 bridgehead atoms. The molecule has 1 fully saturated rings. The maximum absolute atomic E-state index is 12.9. The molecule has 1 amide bonds. The van der Waals surface area contributed by atoms with Crippen molar-refractivity contribution in [3.05, 3.63) is 45.5 Å². The maximum atomic E-state index is 12.9. The molecular weight excluding hydrogens is 312 g/mol. The van der Waals surface area contributed by atoms with E-state index in [2.05, 4.69) is 15.2 Å². The van der Waals surface area contributed by atoms with E-state index in [1.54, 1.807) is 17.9 Å². The minimum absolute atomic E-state index is 0.107. The summed E-state index contributed by atoms with van der Waals surface area (Å²) in [5, 5.41) is 8.08. The molecule has 0 unspecified atom stereocenters. The van der Waals surface area contributed by atoms with E-state index < -0.39 is 6.04 Å². The summed E-state index contributed by atoms with van der Waals surface area (Å²) < 4.78 is 11.2. The summed E-state index contributed by atoms with van der Waals surface area (Å²) in [7, 11) is 0. The van der Waals surface area contributed by atoms with Crippen LogP contribution >= 0.6 is 0 Å². The number of hydrogen-bond acceptors (Lipinski definition) is 6. The summed E-state index contributed by atoms with van der Waals surface area (Å²) >= 11 is 0. The number of aromatic amines is 1. The molecule has 128 valence electrons. The first-order valence-electron chi connectivity index (χ1n) is 7.88. The van der Waals surface area contributed by atoms with Gasteiger partial charge in [0.15, 0.2) is 0 Å². The maximum Gasteiger partial charge on any atom is 0.254 e. The number of amides is 1. The quantitative estimate of drug-likeness (QED) is 0.912. The molecule has 3 heterocycles. The van der Waals surface area contributed by atoms with Gasteiger partial charge in [0.2, 0.25) is 17.3 Å². The highest BCUT2D eigenvalue weighted by atomic mass is 16.5. The van der Waals surface area contributed by atoms with Gasteiger partial charge in [-0.25, -0.2) is 0 Å². The number of hydrogen-bond donors (Lipinski definition) is 1. The normalized spacial score (nSPS) is 18.2. The van der Waals surface area contributed by atoms with Crippen LogP contribution in [0.15, 0.2) is 21.3 Å². The highest BCUT2D eigenvalue weighted by Crippen LogP contribution is 2.26. The van der Waals surface area contributed by atoms with Gasteiger partial charge in [-0.2, -0.15) is 0 Å². The number of pyridine rings is 1. The molecule has 24 heavy (non-hydrogen) atoms. The first-order chi connectivity index (χ1) is 11.5. The number of rotatable bonds is 3. The Balaban J connectivity index is 1.91. The van der Waals surface area contributed by atoms with Gasteiger partial charge in [0.1, 0.15) is 6.04 Å². The smallest absolute Gasteiger partial charge is 0.254 e. The summed E-state index contributed by atoms with van der Waals surface area (Å²) in [6.45, 7) is 6.76. The lowest BCUT2D eigenvalue weighted by molar-refractivity contribution is -0.0107. The molecule has 8 nitrogen and oxygen atoms in total. The Morgan fingerprint density at radius 1 is 1.38 bits per heavy atom.